The zero-order valence-corrected chi connectivity index (χ0v) is 8.35. The minimum atomic E-state index is 0.454. The summed E-state index contributed by atoms with van der Waals surface area (Å²) >= 11 is 4.10. The lowest BCUT2D eigenvalue weighted by Crippen LogP contribution is -1.97. The number of aromatic nitrogens is 4. The molecule has 0 amide bonds. The van der Waals surface area contributed by atoms with Crippen LogP contribution in [0, 0.1) is 0 Å². The van der Waals surface area contributed by atoms with Gasteiger partial charge in [-0.2, -0.15) is 4.68 Å². The molecule has 1 aromatic carbocycles. The van der Waals surface area contributed by atoms with Gasteiger partial charge in [-0.1, -0.05) is 0 Å². The van der Waals surface area contributed by atoms with Gasteiger partial charge in [0.1, 0.15) is 5.75 Å². The van der Waals surface area contributed by atoms with E-state index in [1.54, 1.807) is 7.11 Å². The minimum absolute atomic E-state index is 0.454. The van der Waals surface area contributed by atoms with Crippen LogP contribution in [0.25, 0.3) is 5.69 Å². The molecule has 0 saturated heterocycles. The van der Waals surface area contributed by atoms with Crippen molar-refractivity contribution in [2.45, 2.75) is 5.16 Å². The summed E-state index contributed by atoms with van der Waals surface area (Å²) in [6.45, 7) is 0. The molecular formula is C8H8N4OS. The zero-order valence-electron chi connectivity index (χ0n) is 7.45. The third-order valence-corrected chi connectivity index (χ3v) is 2.05. The van der Waals surface area contributed by atoms with Gasteiger partial charge in [-0.3, -0.25) is 0 Å². The van der Waals surface area contributed by atoms with E-state index in [-0.39, 0.29) is 0 Å². The van der Waals surface area contributed by atoms with E-state index < -0.39 is 0 Å². The topological polar surface area (TPSA) is 52.8 Å². The van der Waals surface area contributed by atoms with Gasteiger partial charge in [0, 0.05) is 0 Å². The Bertz CT molecular complexity index is 425. The highest BCUT2D eigenvalue weighted by atomic mass is 32.1. The molecule has 72 valence electrons. The van der Waals surface area contributed by atoms with E-state index in [1.807, 2.05) is 24.3 Å². The Morgan fingerprint density at radius 3 is 2.50 bits per heavy atom. The number of nitrogens with zero attached hydrogens (tertiary/aromatic N) is 4. The number of methoxy groups -OCH3 is 1. The number of hydrogen-bond acceptors (Lipinski definition) is 5. The third-order valence-electron chi connectivity index (χ3n) is 1.77. The molecule has 0 saturated carbocycles. The molecule has 0 unspecified atom stereocenters. The standard InChI is InChI=1S/C8H8N4OS/c1-13-7-4-2-6(3-5-7)12-8(14)9-10-11-12/h2-5H,1H3,(H,9,11,14). The maximum absolute atomic E-state index is 5.04. The van der Waals surface area contributed by atoms with Crippen LogP contribution in [0.2, 0.25) is 0 Å². The van der Waals surface area contributed by atoms with Gasteiger partial charge < -0.3 is 4.74 Å². The summed E-state index contributed by atoms with van der Waals surface area (Å²) in [5, 5.41) is 11.4. The number of benzene rings is 1. The molecule has 0 bridgehead atoms. The quantitative estimate of drug-likeness (QED) is 0.747. The number of hydrogen-bond donors (Lipinski definition) is 1. The highest BCUT2D eigenvalue weighted by Crippen LogP contribution is 2.15. The van der Waals surface area contributed by atoms with Crippen LogP contribution in [0.4, 0.5) is 0 Å². The van der Waals surface area contributed by atoms with Gasteiger partial charge in [0.15, 0.2) is 0 Å². The van der Waals surface area contributed by atoms with Crippen LogP contribution in [0.1, 0.15) is 0 Å². The van der Waals surface area contributed by atoms with Crippen molar-refractivity contribution in [1.82, 2.24) is 20.2 Å². The maximum atomic E-state index is 5.04. The van der Waals surface area contributed by atoms with Crippen molar-refractivity contribution >= 4 is 12.6 Å². The molecule has 0 aliphatic rings. The summed E-state index contributed by atoms with van der Waals surface area (Å²) in [5.41, 5.74) is 0.848. The molecule has 5 nitrogen and oxygen atoms in total. The van der Waals surface area contributed by atoms with Gasteiger partial charge in [0.05, 0.1) is 12.8 Å². The molecule has 0 aliphatic heterocycles. The van der Waals surface area contributed by atoms with Crippen molar-refractivity contribution < 1.29 is 4.74 Å². The largest absolute Gasteiger partial charge is 0.497 e. The van der Waals surface area contributed by atoms with Crippen LogP contribution in [-0.2, 0) is 0 Å². The van der Waals surface area contributed by atoms with Crippen LogP contribution in [0.3, 0.4) is 0 Å². The van der Waals surface area contributed by atoms with E-state index in [4.69, 9.17) is 4.74 Å². The Morgan fingerprint density at radius 1 is 1.29 bits per heavy atom. The first-order valence-electron chi connectivity index (χ1n) is 3.93. The molecule has 0 spiro atoms. The van der Waals surface area contributed by atoms with Gasteiger partial charge in [-0.25, -0.2) is 0 Å². The van der Waals surface area contributed by atoms with Crippen LogP contribution < -0.4 is 4.74 Å². The molecule has 0 atom stereocenters. The molecular weight excluding hydrogens is 200 g/mol. The van der Waals surface area contributed by atoms with E-state index in [2.05, 4.69) is 28.2 Å². The first-order valence-corrected chi connectivity index (χ1v) is 4.38. The molecule has 1 heterocycles. The fourth-order valence-electron chi connectivity index (χ4n) is 1.07. The van der Waals surface area contributed by atoms with Gasteiger partial charge in [-0.15, -0.1) is 17.7 Å². The van der Waals surface area contributed by atoms with Gasteiger partial charge in [-0.05, 0) is 34.7 Å². The van der Waals surface area contributed by atoms with Crippen molar-refractivity contribution in [2.24, 2.45) is 0 Å². The summed E-state index contributed by atoms with van der Waals surface area (Å²) in [4.78, 5) is 0. The molecule has 6 heteroatoms. The second kappa shape index (κ2) is 3.67. The minimum Gasteiger partial charge on any atom is -0.497 e. The van der Waals surface area contributed by atoms with Crippen molar-refractivity contribution in [3.63, 3.8) is 0 Å². The molecule has 2 rings (SSSR count). The Labute approximate surface area is 86.1 Å². The summed E-state index contributed by atoms with van der Waals surface area (Å²) in [5.74, 6) is 0.794. The van der Waals surface area contributed by atoms with Crippen LogP contribution in [0.5, 0.6) is 5.75 Å². The second-order valence-electron chi connectivity index (χ2n) is 2.59. The number of tetrazole rings is 1. The zero-order chi connectivity index (χ0) is 9.97. The highest BCUT2D eigenvalue weighted by Gasteiger charge is 2.03. The Morgan fingerprint density at radius 2 is 2.00 bits per heavy atom. The predicted octanol–water partition coefficient (Wildman–Crippen LogP) is 0.960. The lowest BCUT2D eigenvalue weighted by molar-refractivity contribution is 0.414. The van der Waals surface area contributed by atoms with Crippen LogP contribution in [0.15, 0.2) is 29.4 Å². The molecule has 0 fully saturated rings. The van der Waals surface area contributed by atoms with Crippen LogP contribution >= 0.6 is 12.6 Å². The summed E-state index contributed by atoms with van der Waals surface area (Å²) < 4.78 is 6.57. The lowest BCUT2D eigenvalue weighted by atomic mass is 10.3. The molecule has 2 aromatic rings. The first kappa shape index (κ1) is 9.01. The first-order chi connectivity index (χ1) is 6.81. The fraction of sp³-hybridized carbons (Fsp3) is 0.125. The van der Waals surface area contributed by atoms with E-state index in [1.165, 1.54) is 4.68 Å². The normalized spacial score (nSPS) is 10.1. The molecule has 0 aliphatic carbocycles. The van der Waals surface area contributed by atoms with Crippen molar-refractivity contribution in [3.8, 4) is 11.4 Å². The van der Waals surface area contributed by atoms with Crippen molar-refractivity contribution in [2.75, 3.05) is 7.11 Å². The molecule has 0 N–H and O–H groups in total. The molecule has 0 radical (unpaired) electrons. The average molecular weight is 208 g/mol. The van der Waals surface area contributed by atoms with Gasteiger partial charge in [0.25, 0.3) is 0 Å². The number of rotatable bonds is 2. The van der Waals surface area contributed by atoms with E-state index in [0.29, 0.717) is 5.16 Å². The van der Waals surface area contributed by atoms with E-state index >= 15 is 0 Å². The van der Waals surface area contributed by atoms with E-state index in [9.17, 15) is 0 Å². The predicted molar refractivity (Wildman–Crippen MR) is 53.0 cm³/mol. The fourth-order valence-corrected chi connectivity index (χ4v) is 1.27. The Hall–Kier alpha value is -1.56. The third kappa shape index (κ3) is 1.56. The number of ether oxygens (including phenoxy) is 1. The van der Waals surface area contributed by atoms with E-state index in [0.717, 1.165) is 11.4 Å². The van der Waals surface area contributed by atoms with Crippen LogP contribution in [-0.4, -0.2) is 27.3 Å². The number of thiol groups is 1. The highest BCUT2D eigenvalue weighted by molar-refractivity contribution is 7.80. The lowest BCUT2D eigenvalue weighted by Gasteiger charge is -2.02. The summed E-state index contributed by atoms with van der Waals surface area (Å²) in [6, 6.07) is 7.39. The Kier molecular flexibility index (Phi) is 2.36. The van der Waals surface area contributed by atoms with Crippen molar-refractivity contribution in [1.29, 1.82) is 0 Å². The summed E-state index contributed by atoms with van der Waals surface area (Å²) in [7, 11) is 1.62. The average Bonchev–Trinajstić information content (AvgIpc) is 2.65. The smallest absolute Gasteiger partial charge is 0.211 e. The monoisotopic (exact) mass is 208 g/mol. The second-order valence-corrected chi connectivity index (χ2v) is 2.99. The Balaban J connectivity index is 2.39. The van der Waals surface area contributed by atoms with Gasteiger partial charge >= 0.3 is 0 Å². The maximum Gasteiger partial charge on any atom is 0.211 e. The van der Waals surface area contributed by atoms with Crippen molar-refractivity contribution in [3.05, 3.63) is 24.3 Å². The SMILES string of the molecule is COc1ccc(-n2nnnc2S)cc1. The summed E-state index contributed by atoms with van der Waals surface area (Å²) in [6.07, 6.45) is 0. The molecule has 14 heavy (non-hydrogen) atoms. The molecule has 1 aromatic heterocycles. The van der Waals surface area contributed by atoms with Gasteiger partial charge in [0.2, 0.25) is 5.16 Å².